The minimum Gasteiger partial charge on any atom is -0.497 e. The van der Waals surface area contributed by atoms with Crippen molar-refractivity contribution in [2.45, 2.75) is 38.6 Å². The topological polar surface area (TPSA) is 42.4 Å². The summed E-state index contributed by atoms with van der Waals surface area (Å²) in [6.45, 7) is 3.01. The maximum Gasteiger partial charge on any atom is 0.254 e. The van der Waals surface area contributed by atoms with Crippen molar-refractivity contribution in [3.63, 3.8) is 0 Å². The van der Waals surface area contributed by atoms with Crippen LogP contribution in [0.4, 0.5) is 0 Å². The zero-order valence-corrected chi connectivity index (χ0v) is 16.5. The number of benzene rings is 2. The molecule has 4 nitrogen and oxygen atoms in total. The van der Waals surface area contributed by atoms with E-state index in [9.17, 15) is 4.79 Å². The highest BCUT2D eigenvalue weighted by molar-refractivity contribution is 6.07. The predicted molar refractivity (Wildman–Crippen MR) is 113 cm³/mol. The molecule has 0 aliphatic carbocycles. The highest BCUT2D eigenvalue weighted by atomic mass is 16.5. The molecule has 4 heteroatoms. The smallest absolute Gasteiger partial charge is 0.254 e. The zero-order valence-electron chi connectivity index (χ0n) is 16.5. The summed E-state index contributed by atoms with van der Waals surface area (Å²) in [7, 11) is 1.66. The number of nitrogens with zero attached hydrogens (tertiary/aromatic N) is 2. The Labute approximate surface area is 166 Å². The number of aromatic nitrogens is 1. The lowest BCUT2D eigenvalue weighted by Gasteiger charge is -2.35. The van der Waals surface area contributed by atoms with Gasteiger partial charge in [0.1, 0.15) is 5.75 Å². The second-order valence-corrected chi connectivity index (χ2v) is 7.36. The van der Waals surface area contributed by atoms with Gasteiger partial charge in [0.15, 0.2) is 0 Å². The van der Waals surface area contributed by atoms with Crippen LogP contribution < -0.4 is 4.74 Å². The van der Waals surface area contributed by atoms with E-state index in [4.69, 9.17) is 9.72 Å². The lowest BCUT2D eigenvalue weighted by molar-refractivity contribution is 0.0610. The maximum atomic E-state index is 13.6. The zero-order chi connectivity index (χ0) is 19.5. The van der Waals surface area contributed by atoms with Crippen LogP contribution in [-0.2, 0) is 0 Å². The van der Waals surface area contributed by atoms with Crippen LogP contribution in [0.5, 0.6) is 5.75 Å². The van der Waals surface area contributed by atoms with Crippen LogP contribution in [0.15, 0.2) is 54.6 Å². The summed E-state index contributed by atoms with van der Waals surface area (Å²) in [6, 6.07) is 18.0. The Bertz CT molecular complexity index is 999. The summed E-state index contributed by atoms with van der Waals surface area (Å²) < 4.78 is 5.36. The first-order chi connectivity index (χ1) is 13.7. The maximum absolute atomic E-state index is 13.6. The molecule has 0 radical (unpaired) electrons. The van der Waals surface area contributed by atoms with E-state index in [-0.39, 0.29) is 5.91 Å². The molecule has 28 heavy (non-hydrogen) atoms. The lowest BCUT2D eigenvalue weighted by atomic mass is 9.97. The van der Waals surface area contributed by atoms with Gasteiger partial charge in [-0.2, -0.15) is 0 Å². The number of para-hydroxylation sites is 1. The van der Waals surface area contributed by atoms with Gasteiger partial charge in [0.2, 0.25) is 0 Å². The molecule has 1 amide bonds. The van der Waals surface area contributed by atoms with Crippen molar-refractivity contribution in [2.75, 3.05) is 13.7 Å². The van der Waals surface area contributed by atoms with Crippen molar-refractivity contribution in [3.05, 3.63) is 60.2 Å². The second-order valence-electron chi connectivity index (χ2n) is 7.36. The molecule has 1 aliphatic rings. The molecule has 0 saturated carbocycles. The summed E-state index contributed by atoms with van der Waals surface area (Å²) in [4.78, 5) is 20.5. The first-order valence-electron chi connectivity index (χ1n) is 10.1. The molecule has 0 N–H and O–H groups in total. The van der Waals surface area contributed by atoms with Crippen molar-refractivity contribution in [1.29, 1.82) is 0 Å². The third-order valence-corrected chi connectivity index (χ3v) is 5.67. The fraction of sp³-hybridized carbons (Fsp3) is 0.333. The molecule has 2 heterocycles. The fourth-order valence-electron chi connectivity index (χ4n) is 4.13. The molecule has 144 valence electrons. The van der Waals surface area contributed by atoms with Crippen LogP contribution in [0, 0.1) is 0 Å². The molecular weight excluding hydrogens is 348 g/mol. The highest BCUT2D eigenvalue weighted by Crippen LogP contribution is 2.30. The third kappa shape index (κ3) is 3.47. The molecular formula is C24H26N2O2. The van der Waals surface area contributed by atoms with Crippen LogP contribution in [0.25, 0.3) is 22.2 Å². The van der Waals surface area contributed by atoms with Crippen LogP contribution in [0.2, 0.25) is 0 Å². The van der Waals surface area contributed by atoms with Crippen LogP contribution in [-0.4, -0.2) is 35.5 Å². The number of amides is 1. The molecule has 2 aromatic carbocycles. The summed E-state index contributed by atoms with van der Waals surface area (Å²) in [5.41, 5.74) is 3.33. The fourth-order valence-corrected chi connectivity index (χ4v) is 4.13. The second kappa shape index (κ2) is 8.01. The Morgan fingerprint density at radius 2 is 2.00 bits per heavy atom. The summed E-state index contributed by atoms with van der Waals surface area (Å²) in [5, 5.41) is 0.916. The van der Waals surface area contributed by atoms with Gasteiger partial charge in [-0.3, -0.25) is 4.79 Å². The highest BCUT2D eigenvalue weighted by Gasteiger charge is 2.27. The SMILES string of the molecule is CC[C@@H]1CCCCN1C(=O)c1cc(-c2cccc(OC)c2)nc2ccccc12. The number of hydrogen-bond donors (Lipinski definition) is 0. The van der Waals surface area contributed by atoms with Crippen molar-refractivity contribution in [3.8, 4) is 17.0 Å². The van der Waals surface area contributed by atoms with E-state index in [0.29, 0.717) is 6.04 Å². The van der Waals surface area contributed by atoms with Gasteiger partial charge in [0.05, 0.1) is 23.9 Å². The van der Waals surface area contributed by atoms with Gasteiger partial charge >= 0.3 is 0 Å². The normalized spacial score (nSPS) is 16.9. The van der Waals surface area contributed by atoms with Gasteiger partial charge in [-0.25, -0.2) is 4.98 Å². The Hall–Kier alpha value is -2.88. The van der Waals surface area contributed by atoms with E-state index >= 15 is 0 Å². The molecule has 0 bridgehead atoms. The van der Waals surface area contributed by atoms with Crippen LogP contribution in [0.3, 0.4) is 0 Å². The predicted octanol–water partition coefficient (Wildman–Crippen LogP) is 5.32. The largest absolute Gasteiger partial charge is 0.497 e. The molecule has 3 aromatic rings. The van der Waals surface area contributed by atoms with Crippen molar-refractivity contribution < 1.29 is 9.53 Å². The third-order valence-electron chi connectivity index (χ3n) is 5.67. The average Bonchev–Trinajstić information content (AvgIpc) is 2.77. The van der Waals surface area contributed by atoms with E-state index in [1.165, 1.54) is 6.42 Å². The standard InChI is InChI=1S/C24H26N2O2/c1-3-18-10-6-7-14-26(18)24(27)21-16-23(17-9-8-11-19(15-17)28-2)25-22-13-5-4-12-20(21)22/h4-5,8-9,11-13,15-16,18H,3,6-7,10,14H2,1-2H3/t18-/m1/s1. The van der Waals surface area contributed by atoms with Crippen molar-refractivity contribution >= 4 is 16.8 Å². The number of ether oxygens (including phenoxy) is 1. The quantitative estimate of drug-likeness (QED) is 0.621. The number of pyridine rings is 1. The lowest BCUT2D eigenvalue weighted by Crippen LogP contribution is -2.43. The first-order valence-corrected chi connectivity index (χ1v) is 10.1. The van der Waals surface area contributed by atoms with E-state index in [0.717, 1.165) is 59.3 Å². The molecule has 0 spiro atoms. The summed E-state index contributed by atoms with van der Waals surface area (Å²) in [5.74, 6) is 0.900. The minimum absolute atomic E-state index is 0.120. The molecule has 1 atom stereocenters. The number of methoxy groups -OCH3 is 1. The minimum atomic E-state index is 0.120. The average molecular weight is 374 g/mol. The molecule has 1 aromatic heterocycles. The number of piperidine rings is 1. The number of fused-ring (bicyclic) bond motifs is 1. The van der Waals surface area contributed by atoms with Crippen molar-refractivity contribution in [2.24, 2.45) is 0 Å². The number of carbonyl (C=O) groups is 1. The Morgan fingerprint density at radius 3 is 2.82 bits per heavy atom. The van der Waals surface area contributed by atoms with Crippen LogP contribution in [0.1, 0.15) is 43.0 Å². The summed E-state index contributed by atoms with van der Waals surface area (Å²) >= 11 is 0. The molecule has 1 fully saturated rings. The first kappa shape index (κ1) is 18.5. The Morgan fingerprint density at radius 1 is 1.14 bits per heavy atom. The van der Waals surface area contributed by atoms with E-state index in [1.54, 1.807) is 7.11 Å². The van der Waals surface area contributed by atoms with Gasteiger partial charge in [0, 0.05) is 23.5 Å². The van der Waals surface area contributed by atoms with Gasteiger partial charge in [-0.1, -0.05) is 37.3 Å². The molecule has 1 aliphatic heterocycles. The number of likely N-dealkylation sites (tertiary alicyclic amines) is 1. The molecule has 0 unspecified atom stereocenters. The molecule has 1 saturated heterocycles. The van der Waals surface area contributed by atoms with Gasteiger partial charge < -0.3 is 9.64 Å². The summed E-state index contributed by atoms with van der Waals surface area (Å²) in [6.07, 6.45) is 4.37. The number of hydrogen-bond acceptors (Lipinski definition) is 3. The number of carbonyl (C=O) groups excluding carboxylic acids is 1. The van der Waals surface area contributed by atoms with Crippen molar-refractivity contribution in [1.82, 2.24) is 9.88 Å². The Kier molecular flexibility index (Phi) is 5.29. The molecule has 4 rings (SSSR count). The van der Waals surface area contributed by atoms with E-state index < -0.39 is 0 Å². The van der Waals surface area contributed by atoms with Gasteiger partial charge in [0.25, 0.3) is 5.91 Å². The van der Waals surface area contributed by atoms with E-state index in [1.807, 2.05) is 54.6 Å². The monoisotopic (exact) mass is 374 g/mol. The van der Waals surface area contributed by atoms with Crippen LogP contribution >= 0.6 is 0 Å². The van der Waals surface area contributed by atoms with Gasteiger partial charge in [-0.05, 0) is 49.9 Å². The van der Waals surface area contributed by atoms with E-state index in [2.05, 4.69) is 11.8 Å². The van der Waals surface area contributed by atoms with Gasteiger partial charge in [-0.15, -0.1) is 0 Å². The Balaban J connectivity index is 1.83. The number of rotatable bonds is 4.